The molecule has 20 N–H and O–H groups in total. The van der Waals surface area contributed by atoms with Gasteiger partial charge in [-0.15, -0.1) is 0 Å². The van der Waals surface area contributed by atoms with E-state index in [4.69, 9.17) is 28.7 Å². The molecular formula is C49H92N14O12. The van der Waals surface area contributed by atoms with Crippen LogP contribution >= 0.6 is 0 Å². The van der Waals surface area contributed by atoms with Crippen LogP contribution in [-0.2, 0) is 47.9 Å². The molecule has 26 nitrogen and oxygen atoms in total. The van der Waals surface area contributed by atoms with Crippen LogP contribution in [-0.4, -0.2) is 174 Å². The number of carbonyl (C=O) groups excluding carboxylic acids is 9. The molecule has 0 aliphatic carbocycles. The number of carboxylic acid groups (broad SMARTS) is 1. The van der Waals surface area contributed by atoms with Crippen LogP contribution in [0.5, 0.6) is 0 Å². The molecule has 0 bridgehead atoms. The summed E-state index contributed by atoms with van der Waals surface area (Å²) in [6, 6.07) is -10.6. The van der Waals surface area contributed by atoms with Crippen LogP contribution < -0.4 is 71.2 Å². The molecule has 0 spiro atoms. The van der Waals surface area contributed by atoms with Gasteiger partial charge in [0.15, 0.2) is 0 Å². The smallest absolute Gasteiger partial charge is 0.326 e. The summed E-state index contributed by atoms with van der Waals surface area (Å²) in [4.78, 5) is 135. The van der Waals surface area contributed by atoms with Crippen molar-refractivity contribution in [2.45, 2.75) is 198 Å². The number of aliphatic carboxylic acids is 1. The fraction of sp³-hybridized carbons (Fsp3) is 0.796. The van der Waals surface area contributed by atoms with Crippen LogP contribution in [0.1, 0.15) is 138 Å². The maximum atomic E-state index is 14.1. The Labute approximate surface area is 441 Å². The van der Waals surface area contributed by atoms with Gasteiger partial charge in [0, 0.05) is 6.54 Å². The lowest BCUT2D eigenvalue weighted by atomic mass is 9.96. The molecule has 1 saturated heterocycles. The van der Waals surface area contributed by atoms with Crippen molar-refractivity contribution in [3.63, 3.8) is 0 Å². The molecule has 1 rings (SSSR count). The van der Waals surface area contributed by atoms with E-state index in [9.17, 15) is 58.2 Å². The fourth-order valence-corrected chi connectivity index (χ4v) is 8.25. The topological polar surface area (TPSA) is 441 Å². The standard InChI is InChI=1S/C49H92N14O12/c1-7-29(4)39(47(72)58-33(18-9-13-23-51)43(68)59-35(49(74)75)20-11-15-25-53)61-44(69)34(19-10-14-24-52)57-46(71)38(28(2)3)60-41(66)30(5)56-37(65)27-55-45(70)36-21-16-26-63(36)48(73)40(31(6)64)62-42(67)32(54)17-8-12-22-50/h28-36,38-40,64H,7-27,50-54H2,1-6H3,(H,55,70)(H,56,65)(H,57,71)(H,58,72)(H,59,68)(H,60,66)(H,61,69)(H,62,67)(H,74,75)/t29-,30-,31+,32-,33-,34-,35-,36-,38-,39-,40-/m0/s1. The van der Waals surface area contributed by atoms with Crippen molar-refractivity contribution in [3.8, 4) is 0 Å². The number of amides is 9. The Balaban J connectivity index is 3.11. The number of rotatable bonds is 38. The number of likely N-dealkylation sites (tertiary alicyclic amines) is 1. The highest BCUT2D eigenvalue weighted by molar-refractivity contribution is 5.98. The van der Waals surface area contributed by atoms with Crippen molar-refractivity contribution >= 4 is 59.1 Å². The first-order chi connectivity index (χ1) is 35.5. The first kappa shape index (κ1) is 67.5. The summed E-state index contributed by atoms with van der Waals surface area (Å²) >= 11 is 0. The third kappa shape index (κ3) is 24.3. The highest BCUT2D eigenvalue weighted by atomic mass is 16.4. The van der Waals surface area contributed by atoms with E-state index in [1.807, 2.05) is 0 Å². The van der Waals surface area contributed by atoms with E-state index >= 15 is 0 Å². The van der Waals surface area contributed by atoms with Crippen molar-refractivity contribution in [2.75, 3.05) is 39.3 Å². The summed E-state index contributed by atoms with van der Waals surface area (Å²) in [5.41, 5.74) is 28.5. The number of nitrogens with one attached hydrogen (secondary N) is 8. The second-order valence-electron chi connectivity index (χ2n) is 19.8. The normalized spacial score (nSPS) is 17.3. The minimum absolute atomic E-state index is 0.0978. The molecule has 430 valence electrons. The molecule has 0 saturated carbocycles. The summed E-state index contributed by atoms with van der Waals surface area (Å²) in [6.07, 6.45) is 4.54. The number of nitrogens with two attached hydrogens (primary N) is 5. The Hall–Kier alpha value is -5.54. The highest BCUT2D eigenvalue weighted by Gasteiger charge is 2.40. The van der Waals surface area contributed by atoms with Gasteiger partial charge in [-0.1, -0.05) is 40.5 Å². The van der Waals surface area contributed by atoms with Gasteiger partial charge in [-0.3, -0.25) is 43.2 Å². The minimum Gasteiger partial charge on any atom is -0.480 e. The van der Waals surface area contributed by atoms with Gasteiger partial charge in [0.05, 0.1) is 18.7 Å². The maximum Gasteiger partial charge on any atom is 0.326 e. The Bertz CT molecular complexity index is 1840. The zero-order chi connectivity index (χ0) is 56.8. The molecule has 1 fully saturated rings. The van der Waals surface area contributed by atoms with E-state index in [1.165, 1.54) is 18.7 Å². The summed E-state index contributed by atoms with van der Waals surface area (Å²) in [7, 11) is 0. The van der Waals surface area contributed by atoms with E-state index in [0.717, 1.165) is 0 Å². The predicted octanol–water partition coefficient (Wildman–Crippen LogP) is -3.48. The van der Waals surface area contributed by atoms with Crippen molar-refractivity contribution in [2.24, 2.45) is 40.5 Å². The summed E-state index contributed by atoms with van der Waals surface area (Å²) in [5.74, 6) is -8.69. The lowest BCUT2D eigenvalue weighted by molar-refractivity contribution is -0.144. The largest absolute Gasteiger partial charge is 0.480 e. The Morgan fingerprint density at radius 1 is 0.560 bits per heavy atom. The number of aliphatic hydroxyl groups is 1. The van der Waals surface area contributed by atoms with Crippen LogP contribution in [0, 0.1) is 11.8 Å². The van der Waals surface area contributed by atoms with E-state index in [0.29, 0.717) is 90.3 Å². The SMILES string of the molecule is CC[C@H](C)[C@H](NC(=O)[C@H](CCCCN)NC(=O)[C@@H](NC(=O)[C@H](C)NC(=O)CNC(=O)[C@@H]1CCCN1C(=O)[C@@H](NC(=O)[C@@H](N)CCCCN)[C@@H](C)O)C(C)C)C(=O)N[C@@H](CCCCN)C(=O)N[C@@H](CCCCN)C(=O)O. The second kappa shape index (κ2) is 36.4. The first-order valence-corrected chi connectivity index (χ1v) is 26.7. The average Bonchev–Trinajstić information content (AvgIpc) is 3.86. The molecule has 1 aliphatic heterocycles. The van der Waals surface area contributed by atoms with E-state index in [2.05, 4.69) is 42.5 Å². The van der Waals surface area contributed by atoms with Gasteiger partial charge in [0.25, 0.3) is 0 Å². The van der Waals surface area contributed by atoms with E-state index < -0.39 is 138 Å². The van der Waals surface area contributed by atoms with E-state index in [1.54, 1.807) is 27.7 Å². The number of hydrogen-bond donors (Lipinski definition) is 15. The van der Waals surface area contributed by atoms with Gasteiger partial charge in [-0.25, -0.2) is 4.79 Å². The second-order valence-corrected chi connectivity index (χ2v) is 19.8. The molecule has 26 heteroatoms. The molecule has 1 heterocycles. The van der Waals surface area contributed by atoms with Crippen LogP contribution in [0.25, 0.3) is 0 Å². The van der Waals surface area contributed by atoms with Crippen molar-refractivity contribution in [3.05, 3.63) is 0 Å². The van der Waals surface area contributed by atoms with Gasteiger partial charge in [-0.05, 0) is 135 Å². The molecule has 75 heavy (non-hydrogen) atoms. The number of unbranched alkanes of at least 4 members (excludes halogenated alkanes) is 4. The van der Waals surface area contributed by atoms with Gasteiger partial charge >= 0.3 is 5.97 Å². The third-order valence-corrected chi connectivity index (χ3v) is 13.1. The molecule has 0 radical (unpaired) electrons. The van der Waals surface area contributed by atoms with Crippen molar-refractivity contribution < 1.29 is 58.2 Å². The van der Waals surface area contributed by atoms with Gasteiger partial charge < -0.3 is 86.3 Å². The molecule has 9 amide bonds. The van der Waals surface area contributed by atoms with Gasteiger partial charge in [0.1, 0.15) is 48.3 Å². The predicted molar refractivity (Wildman–Crippen MR) is 280 cm³/mol. The number of aliphatic hydroxyl groups excluding tert-OH is 1. The summed E-state index contributed by atoms with van der Waals surface area (Å²) in [6.45, 7) is 10.5. The minimum atomic E-state index is -1.39. The summed E-state index contributed by atoms with van der Waals surface area (Å²) < 4.78 is 0. The maximum absolute atomic E-state index is 14.1. The van der Waals surface area contributed by atoms with Crippen LogP contribution in [0.2, 0.25) is 0 Å². The molecule has 0 aromatic carbocycles. The third-order valence-electron chi connectivity index (χ3n) is 13.1. The number of carboxylic acids is 1. The number of nitrogens with zero attached hydrogens (tertiary/aromatic N) is 1. The molecule has 0 aromatic heterocycles. The van der Waals surface area contributed by atoms with Crippen molar-refractivity contribution in [1.29, 1.82) is 0 Å². The Morgan fingerprint density at radius 3 is 1.49 bits per heavy atom. The quantitative estimate of drug-likeness (QED) is 0.0267. The number of hydrogen-bond acceptors (Lipinski definition) is 16. The Kier molecular flexibility index (Phi) is 32.8. The lowest BCUT2D eigenvalue weighted by Gasteiger charge is -2.30. The first-order valence-electron chi connectivity index (χ1n) is 26.7. The summed E-state index contributed by atoms with van der Waals surface area (Å²) in [5, 5.41) is 41.0. The molecule has 11 atom stereocenters. The van der Waals surface area contributed by atoms with E-state index in [-0.39, 0.29) is 38.8 Å². The number of carbonyl (C=O) groups is 10. The van der Waals surface area contributed by atoms with Gasteiger partial charge in [0.2, 0.25) is 53.2 Å². The zero-order valence-corrected chi connectivity index (χ0v) is 45.1. The van der Waals surface area contributed by atoms with Crippen LogP contribution in [0.3, 0.4) is 0 Å². The average molecular weight is 1070 g/mol. The van der Waals surface area contributed by atoms with Crippen molar-refractivity contribution in [1.82, 2.24) is 47.4 Å². The fourth-order valence-electron chi connectivity index (χ4n) is 8.25. The molecular weight excluding hydrogens is 977 g/mol. The monoisotopic (exact) mass is 1070 g/mol. The van der Waals surface area contributed by atoms with Gasteiger partial charge in [-0.2, -0.15) is 0 Å². The molecule has 0 aromatic rings. The lowest BCUT2D eigenvalue weighted by Crippen LogP contribution is -2.61. The Morgan fingerprint density at radius 2 is 1.01 bits per heavy atom. The van der Waals surface area contributed by atoms with Crippen LogP contribution in [0.15, 0.2) is 0 Å². The molecule has 0 unspecified atom stereocenters. The van der Waals surface area contributed by atoms with Crippen LogP contribution in [0.4, 0.5) is 0 Å². The molecule has 1 aliphatic rings. The highest BCUT2D eigenvalue weighted by Crippen LogP contribution is 2.20. The zero-order valence-electron chi connectivity index (χ0n) is 45.1.